The third-order valence-electron chi connectivity index (χ3n) is 3.86. The van der Waals surface area contributed by atoms with Crippen LogP contribution >= 0.6 is 0 Å². The topological polar surface area (TPSA) is 73.9 Å². The van der Waals surface area contributed by atoms with E-state index >= 15 is 0 Å². The quantitative estimate of drug-likeness (QED) is 0.847. The fraction of sp³-hybridized carbons (Fsp3) is 0.263. The summed E-state index contributed by atoms with van der Waals surface area (Å²) in [6.45, 7) is 3.60. The second kappa shape index (κ2) is 7.25. The normalized spacial score (nSPS) is 13.2. The molecule has 2 aromatic carbocycles. The average molecular weight is 341 g/mol. The van der Waals surface area contributed by atoms with Crippen LogP contribution in [-0.4, -0.2) is 25.3 Å². The number of esters is 1. The molecule has 130 valence electrons. The second-order valence-corrected chi connectivity index (χ2v) is 5.85. The average Bonchev–Trinajstić information content (AvgIpc) is 3.07. The van der Waals surface area contributed by atoms with Crippen LogP contribution in [0, 0.1) is 6.92 Å². The minimum atomic E-state index is -0.519. The van der Waals surface area contributed by atoms with Gasteiger partial charge >= 0.3 is 5.97 Å². The minimum Gasteiger partial charge on any atom is -0.454 e. The first-order valence-electron chi connectivity index (χ1n) is 7.95. The number of hydrogen-bond donors (Lipinski definition) is 1. The highest BCUT2D eigenvalue weighted by Crippen LogP contribution is 2.34. The van der Waals surface area contributed by atoms with Gasteiger partial charge < -0.3 is 19.5 Å². The van der Waals surface area contributed by atoms with Crippen molar-refractivity contribution in [2.45, 2.75) is 19.9 Å². The van der Waals surface area contributed by atoms with Gasteiger partial charge in [-0.1, -0.05) is 23.8 Å². The molecule has 1 aliphatic heterocycles. The fourth-order valence-electron chi connectivity index (χ4n) is 2.54. The molecule has 1 N–H and O–H groups in total. The Morgan fingerprint density at radius 2 is 1.96 bits per heavy atom. The summed E-state index contributed by atoms with van der Waals surface area (Å²) in [5.41, 5.74) is 2.26. The molecule has 25 heavy (non-hydrogen) atoms. The number of aryl methyl sites for hydroxylation is 1. The summed E-state index contributed by atoms with van der Waals surface area (Å²) in [6.07, 6.45) is 0. The fourth-order valence-corrected chi connectivity index (χ4v) is 2.54. The molecule has 1 aliphatic rings. The van der Waals surface area contributed by atoms with Crippen molar-refractivity contribution in [3.8, 4) is 11.5 Å². The zero-order valence-electron chi connectivity index (χ0n) is 14.1. The first-order chi connectivity index (χ1) is 12.0. The van der Waals surface area contributed by atoms with Crippen molar-refractivity contribution in [1.29, 1.82) is 0 Å². The lowest BCUT2D eigenvalue weighted by molar-refractivity contribution is -0.124. The van der Waals surface area contributed by atoms with E-state index in [9.17, 15) is 9.59 Å². The minimum absolute atomic E-state index is 0.203. The van der Waals surface area contributed by atoms with Gasteiger partial charge in [0.15, 0.2) is 18.1 Å². The van der Waals surface area contributed by atoms with Crippen LogP contribution in [0.4, 0.5) is 0 Å². The Morgan fingerprint density at radius 3 is 2.76 bits per heavy atom. The Balaban J connectivity index is 1.53. The molecule has 0 spiro atoms. The SMILES string of the molecule is Cc1cccc(C(=O)OCC(=O)N[C@@H](C)c2ccc3c(c2)OCO3)c1. The van der Waals surface area contributed by atoms with E-state index < -0.39 is 5.97 Å². The molecule has 0 saturated carbocycles. The van der Waals surface area contributed by atoms with E-state index in [0.29, 0.717) is 17.1 Å². The number of carbonyl (C=O) groups is 2. The van der Waals surface area contributed by atoms with Gasteiger partial charge in [-0.2, -0.15) is 0 Å². The molecule has 1 atom stereocenters. The summed E-state index contributed by atoms with van der Waals surface area (Å²) in [6, 6.07) is 12.3. The lowest BCUT2D eigenvalue weighted by atomic mass is 10.1. The molecule has 0 bridgehead atoms. The number of fused-ring (bicyclic) bond motifs is 1. The van der Waals surface area contributed by atoms with Crippen molar-refractivity contribution in [1.82, 2.24) is 5.32 Å². The molecular weight excluding hydrogens is 322 g/mol. The highest BCUT2D eigenvalue weighted by Gasteiger charge is 2.17. The summed E-state index contributed by atoms with van der Waals surface area (Å²) in [7, 11) is 0. The zero-order valence-corrected chi connectivity index (χ0v) is 14.1. The van der Waals surface area contributed by atoms with E-state index in [1.807, 2.05) is 32.0 Å². The van der Waals surface area contributed by atoms with Gasteiger partial charge in [0.25, 0.3) is 5.91 Å². The standard InChI is InChI=1S/C19H19NO5/c1-12-4-3-5-15(8-12)19(22)23-10-18(21)20-13(2)14-6-7-16-17(9-14)25-11-24-16/h3-9,13H,10-11H2,1-2H3,(H,20,21)/t13-/m0/s1. The summed E-state index contributed by atoms with van der Waals surface area (Å²) in [4.78, 5) is 24.0. The Hall–Kier alpha value is -3.02. The van der Waals surface area contributed by atoms with Crippen LogP contribution in [0.3, 0.4) is 0 Å². The lowest BCUT2D eigenvalue weighted by Crippen LogP contribution is -2.31. The van der Waals surface area contributed by atoms with Gasteiger partial charge in [-0.15, -0.1) is 0 Å². The maximum Gasteiger partial charge on any atom is 0.338 e. The first-order valence-corrected chi connectivity index (χ1v) is 7.95. The van der Waals surface area contributed by atoms with Crippen LogP contribution in [0.2, 0.25) is 0 Å². The van der Waals surface area contributed by atoms with E-state index in [2.05, 4.69) is 5.32 Å². The van der Waals surface area contributed by atoms with Crippen molar-refractivity contribution < 1.29 is 23.8 Å². The summed E-state index contributed by atoms with van der Waals surface area (Å²) < 4.78 is 15.7. The predicted octanol–water partition coefficient (Wildman–Crippen LogP) is 2.76. The molecule has 3 rings (SSSR count). The second-order valence-electron chi connectivity index (χ2n) is 5.85. The molecule has 2 aromatic rings. The number of nitrogens with one attached hydrogen (secondary N) is 1. The lowest BCUT2D eigenvalue weighted by Gasteiger charge is -2.15. The summed E-state index contributed by atoms with van der Waals surface area (Å²) >= 11 is 0. The van der Waals surface area contributed by atoms with Crippen molar-refractivity contribution in [3.05, 3.63) is 59.2 Å². The van der Waals surface area contributed by atoms with E-state index in [1.54, 1.807) is 24.3 Å². The van der Waals surface area contributed by atoms with E-state index in [-0.39, 0.29) is 25.3 Å². The molecule has 0 radical (unpaired) electrons. The smallest absolute Gasteiger partial charge is 0.338 e. The Morgan fingerprint density at radius 1 is 1.16 bits per heavy atom. The van der Waals surface area contributed by atoms with Crippen molar-refractivity contribution in [2.75, 3.05) is 13.4 Å². The molecule has 0 unspecified atom stereocenters. The molecular formula is C19H19NO5. The number of amides is 1. The molecule has 6 nitrogen and oxygen atoms in total. The third-order valence-corrected chi connectivity index (χ3v) is 3.86. The number of rotatable bonds is 5. The third kappa shape index (κ3) is 4.09. The maximum absolute atomic E-state index is 12.0. The zero-order chi connectivity index (χ0) is 17.8. The Kier molecular flexibility index (Phi) is 4.88. The molecule has 1 amide bonds. The van der Waals surface area contributed by atoms with Crippen molar-refractivity contribution in [3.63, 3.8) is 0 Å². The van der Waals surface area contributed by atoms with Crippen LogP contribution in [0.25, 0.3) is 0 Å². The number of carbonyl (C=O) groups excluding carboxylic acids is 2. The number of benzene rings is 2. The molecule has 0 aromatic heterocycles. The van der Waals surface area contributed by atoms with Gasteiger partial charge in [-0.25, -0.2) is 4.79 Å². The number of hydrogen-bond acceptors (Lipinski definition) is 5. The van der Waals surface area contributed by atoms with Crippen LogP contribution in [0.15, 0.2) is 42.5 Å². The first kappa shape index (κ1) is 16.8. The van der Waals surface area contributed by atoms with E-state index in [4.69, 9.17) is 14.2 Å². The predicted molar refractivity (Wildman–Crippen MR) is 90.6 cm³/mol. The molecule has 0 fully saturated rings. The summed E-state index contributed by atoms with van der Waals surface area (Å²) in [5.74, 6) is 0.458. The van der Waals surface area contributed by atoms with Crippen molar-refractivity contribution >= 4 is 11.9 Å². The molecule has 0 saturated heterocycles. The highest BCUT2D eigenvalue weighted by atomic mass is 16.7. The summed E-state index contributed by atoms with van der Waals surface area (Å²) in [5, 5.41) is 2.79. The maximum atomic E-state index is 12.0. The molecule has 0 aliphatic carbocycles. The Bertz CT molecular complexity index is 802. The van der Waals surface area contributed by atoms with Gasteiger partial charge in [0.05, 0.1) is 11.6 Å². The number of ether oxygens (including phenoxy) is 3. The molecule has 6 heteroatoms. The van der Waals surface area contributed by atoms with Crippen LogP contribution in [0.5, 0.6) is 11.5 Å². The highest BCUT2D eigenvalue weighted by molar-refractivity contribution is 5.91. The van der Waals surface area contributed by atoms with Gasteiger partial charge in [-0.3, -0.25) is 4.79 Å². The largest absolute Gasteiger partial charge is 0.454 e. The van der Waals surface area contributed by atoms with Crippen LogP contribution in [-0.2, 0) is 9.53 Å². The van der Waals surface area contributed by atoms with Crippen LogP contribution < -0.4 is 14.8 Å². The van der Waals surface area contributed by atoms with Gasteiger partial charge in [-0.05, 0) is 43.7 Å². The molecule has 1 heterocycles. The van der Waals surface area contributed by atoms with Gasteiger partial charge in [0.1, 0.15) is 0 Å². The Labute approximate surface area is 145 Å². The van der Waals surface area contributed by atoms with Crippen LogP contribution in [0.1, 0.15) is 34.5 Å². The van der Waals surface area contributed by atoms with Gasteiger partial charge in [0, 0.05) is 0 Å². The van der Waals surface area contributed by atoms with E-state index in [0.717, 1.165) is 11.1 Å². The van der Waals surface area contributed by atoms with Crippen molar-refractivity contribution in [2.24, 2.45) is 0 Å². The van der Waals surface area contributed by atoms with Gasteiger partial charge in [0.2, 0.25) is 6.79 Å². The monoisotopic (exact) mass is 341 g/mol. The van der Waals surface area contributed by atoms with E-state index in [1.165, 1.54) is 0 Å².